The summed E-state index contributed by atoms with van der Waals surface area (Å²) in [5, 5.41) is 2.30. The van der Waals surface area contributed by atoms with Crippen molar-refractivity contribution >= 4 is 39.3 Å². The summed E-state index contributed by atoms with van der Waals surface area (Å²) in [6.45, 7) is 8.84. The molecule has 1 heterocycles. The van der Waals surface area contributed by atoms with E-state index in [0.29, 0.717) is 17.5 Å². The molecule has 1 aliphatic carbocycles. The number of rotatable bonds is 3. The molecule has 2 N–H and O–H groups in total. The second-order valence-electron chi connectivity index (χ2n) is 11.0. The SMILES string of the molecule is C=C(/N=C(\N=C(/N)n1c2ccccc2c2ccc3c(c21)C(C)(C)c1ccccc1-3)c1ccccc1)c1ccccc1. The molecule has 0 aliphatic heterocycles. The zero-order chi connectivity index (χ0) is 28.1. The number of aromatic nitrogens is 1. The van der Waals surface area contributed by atoms with E-state index < -0.39 is 0 Å². The Morgan fingerprint density at radius 3 is 2.05 bits per heavy atom. The lowest BCUT2D eigenvalue weighted by molar-refractivity contribution is 0.664. The molecule has 0 fully saturated rings. The van der Waals surface area contributed by atoms with Crippen molar-refractivity contribution in [2.24, 2.45) is 15.7 Å². The van der Waals surface area contributed by atoms with E-state index in [1.54, 1.807) is 0 Å². The Balaban J connectivity index is 1.50. The van der Waals surface area contributed by atoms with E-state index >= 15 is 0 Å². The summed E-state index contributed by atoms with van der Waals surface area (Å²) in [6.07, 6.45) is 0. The molecular formula is C37H30N4. The maximum absolute atomic E-state index is 7.01. The molecule has 0 amide bonds. The van der Waals surface area contributed by atoms with Crippen molar-refractivity contribution in [3.63, 3.8) is 0 Å². The van der Waals surface area contributed by atoms with Gasteiger partial charge in [0.1, 0.15) is 0 Å². The summed E-state index contributed by atoms with van der Waals surface area (Å²) in [7, 11) is 0. The fourth-order valence-corrected chi connectivity index (χ4v) is 6.27. The smallest absolute Gasteiger partial charge is 0.207 e. The minimum Gasteiger partial charge on any atom is -0.369 e. The fraction of sp³-hybridized carbons (Fsp3) is 0.0811. The Hall–Kier alpha value is -5.22. The van der Waals surface area contributed by atoms with Gasteiger partial charge in [0.2, 0.25) is 5.96 Å². The van der Waals surface area contributed by atoms with Crippen LogP contribution < -0.4 is 5.73 Å². The highest BCUT2D eigenvalue weighted by atomic mass is 15.2. The highest BCUT2D eigenvalue weighted by molar-refractivity contribution is 6.18. The standard InChI is InChI=1S/C37H30N4/c1-24(25-14-6-4-7-15-25)39-35(26-16-8-5-9-17-26)40-36(38)41-32-21-13-11-19-28(32)30-23-22-29-27-18-10-12-20-31(27)37(2,3)33(29)34(30)41/h4-23H,1H2,2-3H3,(H2,38,39,40). The summed E-state index contributed by atoms with van der Waals surface area (Å²) in [5.41, 5.74) is 16.4. The van der Waals surface area contributed by atoms with Crippen LogP contribution in [0.2, 0.25) is 0 Å². The van der Waals surface area contributed by atoms with E-state index in [0.717, 1.165) is 32.9 Å². The predicted octanol–water partition coefficient (Wildman–Crippen LogP) is 8.38. The Bertz CT molecular complexity index is 2030. The van der Waals surface area contributed by atoms with Crippen molar-refractivity contribution in [2.45, 2.75) is 19.3 Å². The van der Waals surface area contributed by atoms with Gasteiger partial charge in [0.15, 0.2) is 5.84 Å². The van der Waals surface area contributed by atoms with E-state index in [1.807, 2.05) is 60.7 Å². The van der Waals surface area contributed by atoms with E-state index in [1.165, 1.54) is 22.3 Å². The van der Waals surface area contributed by atoms with Crippen LogP contribution in [-0.2, 0) is 5.41 Å². The van der Waals surface area contributed by atoms with Gasteiger partial charge in [0.05, 0.1) is 16.7 Å². The second kappa shape index (κ2) is 9.46. The molecule has 0 spiro atoms. The molecule has 5 aromatic carbocycles. The molecule has 0 saturated heterocycles. The summed E-state index contributed by atoms with van der Waals surface area (Å²) in [4.78, 5) is 9.93. The lowest BCUT2D eigenvalue weighted by Crippen LogP contribution is -2.26. The average molecular weight is 531 g/mol. The minimum atomic E-state index is -0.213. The van der Waals surface area contributed by atoms with Gasteiger partial charge in [-0.05, 0) is 33.9 Å². The number of hydrogen-bond acceptors (Lipinski definition) is 1. The topological polar surface area (TPSA) is 55.7 Å². The lowest BCUT2D eigenvalue weighted by Gasteiger charge is -2.23. The van der Waals surface area contributed by atoms with Crippen molar-refractivity contribution < 1.29 is 0 Å². The number of hydrogen-bond donors (Lipinski definition) is 1. The van der Waals surface area contributed by atoms with Crippen molar-refractivity contribution in [2.75, 3.05) is 0 Å². The lowest BCUT2D eigenvalue weighted by atomic mass is 9.81. The van der Waals surface area contributed by atoms with Gasteiger partial charge in [-0.15, -0.1) is 0 Å². The van der Waals surface area contributed by atoms with E-state index in [9.17, 15) is 0 Å². The van der Waals surface area contributed by atoms with Crippen LogP contribution in [0.3, 0.4) is 0 Å². The zero-order valence-corrected chi connectivity index (χ0v) is 23.2. The monoisotopic (exact) mass is 530 g/mol. The predicted molar refractivity (Wildman–Crippen MR) is 172 cm³/mol. The first kappa shape index (κ1) is 24.8. The van der Waals surface area contributed by atoms with Gasteiger partial charge >= 0.3 is 0 Å². The van der Waals surface area contributed by atoms with Crippen molar-refractivity contribution in [3.8, 4) is 11.1 Å². The molecule has 0 atom stereocenters. The minimum absolute atomic E-state index is 0.213. The first-order valence-corrected chi connectivity index (χ1v) is 13.8. The number of fused-ring (bicyclic) bond motifs is 7. The van der Waals surface area contributed by atoms with E-state index in [-0.39, 0.29) is 5.41 Å². The quantitative estimate of drug-likeness (QED) is 0.181. The first-order chi connectivity index (χ1) is 19.9. The van der Waals surface area contributed by atoms with Crippen LogP contribution in [0, 0.1) is 0 Å². The maximum Gasteiger partial charge on any atom is 0.207 e. The third kappa shape index (κ3) is 3.91. The molecule has 6 aromatic rings. The number of para-hydroxylation sites is 1. The summed E-state index contributed by atoms with van der Waals surface area (Å²) in [5.74, 6) is 0.873. The molecule has 1 aromatic heterocycles. The van der Waals surface area contributed by atoms with Crippen molar-refractivity contribution in [3.05, 3.63) is 150 Å². The molecule has 41 heavy (non-hydrogen) atoms. The van der Waals surface area contributed by atoms with Gasteiger partial charge in [0.25, 0.3) is 0 Å². The molecule has 4 heteroatoms. The number of aliphatic imine (C=N–C) groups is 2. The number of nitrogens with two attached hydrogens (primary N) is 1. The van der Waals surface area contributed by atoms with Gasteiger partial charge in [-0.1, -0.05) is 136 Å². The average Bonchev–Trinajstić information content (AvgIpc) is 3.47. The number of amidine groups is 1. The van der Waals surface area contributed by atoms with E-state index in [4.69, 9.17) is 15.7 Å². The van der Waals surface area contributed by atoms with Crippen LogP contribution >= 0.6 is 0 Å². The Kier molecular flexibility index (Phi) is 5.72. The largest absolute Gasteiger partial charge is 0.369 e. The molecule has 0 unspecified atom stereocenters. The van der Waals surface area contributed by atoms with Gasteiger partial charge in [0, 0.05) is 21.8 Å². The third-order valence-electron chi connectivity index (χ3n) is 8.18. The van der Waals surface area contributed by atoms with Gasteiger partial charge in [-0.2, -0.15) is 4.99 Å². The molecule has 198 valence electrons. The fourth-order valence-electron chi connectivity index (χ4n) is 6.27. The van der Waals surface area contributed by atoms with Crippen molar-refractivity contribution in [1.29, 1.82) is 0 Å². The Morgan fingerprint density at radius 2 is 1.29 bits per heavy atom. The highest BCUT2D eigenvalue weighted by Crippen LogP contribution is 2.52. The zero-order valence-electron chi connectivity index (χ0n) is 23.2. The van der Waals surface area contributed by atoms with Crippen LogP contribution in [0.25, 0.3) is 38.6 Å². The Labute approximate surface area is 239 Å². The van der Waals surface area contributed by atoms with Gasteiger partial charge in [-0.25, -0.2) is 4.99 Å². The van der Waals surface area contributed by atoms with Crippen LogP contribution in [0.5, 0.6) is 0 Å². The number of nitrogens with zero attached hydrogens (tertiary/aromatic N) is 3. The first-order valence-electron chi connectivity index (χ1n) is 13.8. The van der Waals surface area contributed by atoms with Crippen LogP contribution in [-0.4, -0.2) is 16.4 Å². The van der Waals surface area contributed by atoms with Crippen LogP contribution in [0.1, 0.15) is 36.1 Å². The number of benzene rings is 5. The van der Waals surface area contributed by atoms with Crippen LogP contribution in [0.15, 0.2) is 138 Å². The molecule has 0 bridgehead atoms. The van der Waals surface area contributed by atoms with Gasteiger partial charge < -0.3 is 5.73 Å². The Morgan fingerprint density at radius 1 is 0.659 bits per heavy atom. The second-order valence-corrected chi connectivity index (χ2v) is 11.0. The molecular weight excluding hydrogens is 500 g/mol. The third-order valence-corrected chi connectivity index (χ3v) is 8.18. The van der Waals surface area contributed by atoms with E-state index in [2.05, 4.69) is 85.7 Å². The normalized spacial score (nSPS) is 14.3. The summed E-state index contributed by atoms with van der Waals surface area (Å²) in [6, 6.07) is 41.4. The van der Waals surface area contributed by atoms with Crippen molar-refractivity contribution in [1.82, 2.24) is 4.57 Å². The summed E-state index contributed by atoms with van der Waals surface area (Å²) >= 11 is 0. The molecule has 1 aliphatic rings. The molecule has 0 radical (unpaired) electrons. The molecule has 0 saturated carbocycles. The van der Waals surface area contributed by atoms with Gasteiger partial charge in [-0.3, -0.25) is 4.57 Å². The maximum atomic E-state index is 7.01. The molecule has 7 rings (SSSR count). The summed E-state index contributed by atoms with van der Waals surface area (Å²) < 4.78 is 2.11. The highest BCUT2D eigenvalue weighted by Gasteiger charge is 2.38. The van der Waals surface area contributed by atoms with Crippen LogP contribution in [0.4, 0.5) is 0 Å². The molecule has 4 nitrogen and oxygen atoms in total.